The average molecular weight is 400 g/mol. The zero-order chi connectivity index (χ0) is 19.8. The smallest absolute Gasteiger partial charge is 0.257 e. The van der Waals surface area contributed by atoms with Crippen LogP contribution < -0.4 is 5.43 Å². The molecule has 4 rings (SSSR count). The zero-order valence-corrected chi connectivity index (χ0v) is 17.2. The van der Waals surface area contributed by atoms with Gasteiger partial charge in [0.2, 0.25) is 6.17 Å². The number of hydrogen-bond acceptors (Lipinski definition) is 3. The Hall–Kier alpha value is -2.24. The number of rotatable bonds is 4. The molecule has 0 radical (unpaired) electrons. The van der Waals surface area contributed by atoms with Crippen molar-refractivity contribution in [2.45, 2.75) is 39.8 Å². The van der Waals surface area contributed by atoms with Crippen molar-refractivity contribution in [3.05, 3.63) is 63.4 Å². The van der Waals surface area contributed by atoms with E-state index >= 15 is 0 Å². The summed E-state index contributed by atoms with van der Waals surface area (Å²) in [6.07, 6.45) is 3.85. The normalized spacial score (nSPS) is 18.7. The second-order valence-corrected chi connectivity index (χ2v) is 7.67. The van der Waals surface area contributed by atoms with Gasteiger partial charge in [-0.2, -0.15) is 5.43 Å². The molecule has 2 heterocycles. The van der Waals surface area contributed by atoms with Crippen LogP contribution in [0.4, 0.5) is 10.1 Å². The van der Waals surface area contributed by atoms with Crippen LogP contribution in [-0.2, 0) is 6.42 Å². The van der Waals surface area contributed by atoms with Crippen LogP contribution in [0.25, 0.3) is 0 Å². The Labute approximate surface area is 170 Å². The third-order valence-corrected chi connectivity index (χ3v) is 5.84. The molecule has 0 aromatic heterocycles. The first kappa shape index (κ1) is 19.1. The molecule has 6 heteroatoms. The summed E-state index contributed by atoms with van der Waals surface area (Å²) in [6, 6.07) is 9.45. The molecule has 1 atom stereocenters. The molecule has 2 aromatic carbocycles. The number of hydrazine groups is 1. The van der Waals surface area contributed by atoms with Crippen LogP contribution in [0.3, 0.4) is 0 Å². The number of nitrogens with one attached hydrogen (secondary N) is 1. The number of aliphatic imine (C=N–C) groups is 1. The van der Waals surface area contributed by atoms with Crippen LogP contribution in [0.2, 0.25) is 5.02 Å². The molecule has 2 aliphatic heterocycles. The van der Waals surface area contributed by atoms with Gasteiger partial charge in [-0.15, -0.1) is 5.01 Å². The van der Waals surface area contributed by atoms with E-state index in [1.807, 2.05) is 25.4 Å². The summed E-state index contributed by atoms with van der Waals surface area (Å²) in [7, 11) is 0. The van der Waals surface area contributed by atoms with E-state index in [9.17, 15) is 4.39 Å². The summed E-state index contributed by atoms with van der Waals surface area (Å²) in [6.45, 7) is 7.46. The fraction of sp³-hybridized carbons (Fsp3) is 0.364. The van der Waals surface area contributed by atoms with Crippen LogP contribution >= 0.6 is 11.6 Å². The van der Waals surface area contributed by atoms with Crippen molar-refractivity contribution >= 4 is 29.3 Å². The van der Waals surface area contributed by atoms with Gasteiger partial charge >= 0.3 is 0 Å². The third-order valence-electron chi connectivity index (χ3n) is 5.41. The van der Waals surface area contributed by atoms with E-state index in [0.29, 0.717) is 22.8 Å². The van der Waals surface area contributed by atoms with Gasteiger partial charge < -0.3 is 0 Å². The van der Waals surface area contributed by atoms with Crippen molar-refractivity contribution in [3.63, 3.8) is 0 Å². The number of hydrogen-bond donors (Lipinski definition) is 1. The predicted molar refractivity (Wildman–Crippen MR) is 112 cm³/mol. The molecule has 0 bridgehead atoms. The number of fused-ring (bicyclic) bond motifs is 3. The fourth-order valence-electron chi connectivity index (χ4n) is 3.97. The SMILES string of the molecule is CCCc1ccc2c(c1Cl)C(c1ccc(C)cc1F)=NCC1N(CC)NC=[N+]21. The molecular formula is C22H25ClFN4+. The monoisotopic (exact) mass is 399 g/mol. The van der Waals surface area contributed by atoms with Gasteiger partial charge in [-0.25, -0.2) is 8.97 Å². The Bertz CT molecular complexity index is 983. The van der Waals surface area contributed by atoms with E-state index < -0.39 is 0 Å². The topological polar surface area (TPSA) is 30.6 Å². The number of likely N-dealkylation sites (N-methyl/N-ethyl adjacent to an activating group) is 1. The average Bonchev–Trinajstić information content (AvgIpc) is 3.01. The van der Waals surface area contributed by atoms with Crippen molar-refractivity contribution in [1.82, 2.24) is 10.4 Å². The molecule has 28 heavy (non-hydrogen) atoms. The molecule has 1 N–H and O–H groups in total. The summed E-state index contributed by atoms with van der Waals surface area (Å²) < 4.78 is 17.1. The first-order valence-corrected chi connectivity index (χ1v) is 10.2. The van der Waals surface area contributed by atoms with Gasteiger partial charge in [0.1, 0.15) is 11.5 Å². The van der Waals surface area contributed by atoms with Gasteiger partial charge in [-0.05, 0) is 49.6 Å². The summed E-state index contributed by atoms with van der Waals surface area (Å²) in [4.78, 5) is 4.88. The first-order chi connectivity index (χ1) is 13.5. The van der Waals surface area contributed by atoms with Crippen LogP contribution in [0.15, 0.2) is 35.3 Å². The molecule has 0 aliphatic carbocycles. The Balaban J connectivity index is 1.96. The molecule has 1 unspecified atom stereocenters. The highest BCUT2D eigenvalue weighted by atomic mass is 35.5. The van der Waals surface area contributed by atoms with E-state index in [4.69, 9.17) is 16.6 Å². The molecule has 0 amide bonds. The molecule has 0 saturated heterocycles. The van der Waals surface area contributed by atoms with Crippen molar-refractivity contribution in [3.8, 4) is 0 Å². The highest BCUT2D eigenvalue weighted by molar-refractivity contribution is 6.37. The third kappa shape index (κ3) is 3.12. The molecule has 0 fully saturated rings. The van der Waals surface area contributed by atoms with Crippen LogP contribution in [0, 0.1) is 12.7 Å². The largest absolute Gasteiger partial charge is 0.278 e. The Morgan fingerprint density at radius 3 is 2.82 bits per heavy atom. The first-order valence-electron chi connectivity index (χ1n) is 9.82. The second kappa shape index (κ2) is 7.64. The van der Waals surface area contributed by atoms with Crippen molar-refractivity contribution in [2.75, 3.05) is 13.1 Å². The maximum atomic E-state index is 14.9. The Morgan fingerprint density at radius 2 is 2.11 bits per heavy atom. The lowest BCUT2D eigenvalue weighted by molar-refractivity contribution is -0.492. The predicted octanol–water partition coefficient (Wildman–Crippen LogP) is 4.43. The van der Waals surface area contributed by atoms with Crippen LogP contribution in [0.1, 0.15) is 42.5 Å². The summed E-state index contributed by atoms with van der Waals surface area (Å²) >= 11 is 6.89. The maximum Gasteiger partial charge on any atom is 0.257 e. The summed E-state index contributed by atoms with van der Waals surface area (Å²) in [5, 5.41) is 2.79. The molecular weight excluding hydrogens is 375 g/mol. The van der Waals surface area contributed by atoms with Gasteiger partial charge in [0.25, 0.3) is 6.34 Å². The molecule has 0 saturated carbocycles. The van der Waals surface area contributed by atoms with Crippen LogP contribution in [0.5, 0.6) is 0 Å². The minimum Gasteiger partial charge on any atom is -0.278 e. The van der Waals surface area contributed by atoms with Crippen molar-refractivity contribution in [1.29, 1.82) is 0 Å². The maximum absolute atomic E-state index is 14.9. The van der Waals surface area contributed by atoms with E-state index in [2.05, 4.69) is 41.0 Å². The van der Waals surface area contributed by atoms with Gasteiger partial charge in [0.05, 0.1) is 22.8 Å². The highest BCUT2D eigenvalue weighted by Gasteiger charge is 2.38. The van der Waals surface area contributed by atoms with E-state index in [0.717, 1.165) is 41.8 Å². The van der Waals surface area contributed by atoms with Crippen LogP contribution in [-0.4, -0.2) is 40.9 Å². The summed E-state index contributed by atoms with van der Waals surface area (Å²) in [5.41, 5.74) is 8.15. The van der Waals surface area contributed by atoms with Gasteiger partial charge in [0.15, 0.2) is 0 Å². The molecule has 2 aliphatic rings. The lowest BCUT2D eigenvalue weighted by Gasteiger charge is -2.18. The number of halogens is 2. The van der Waals surface area contributed by atoms with E-state index in [1.165, 1.54) is 0 Å². The lowest BCUT2D eigenvalue weighted by Crippen LogP contribution is -2.42. The quantitative estimate of drug-likeness (QED) is 0.771. The lowest BCUT2D eigenvalue weighted by atomic mass is 9.96. The van der Waals surface area contributed by atoms with E-state index in [1.54, 1.807) is 6.07 Å². The number of nitrogens with zero attached hydrogens (tertiary/aromatic N) is 3. The van der Waals surface area contributed by atoms with E-state index in [-0.39, 0.29) is 12.0 Å². The molecule has 4 nitrogen and oxygen atoms in total. The Kier molecular flexibility index (Phi) is 5.21. The van der Waals surface area contributed by atoms with Gasteiger partial charge in [-0.3, -0.25) is 4.99 Å². The number of benzene rings is 2. The minimum atomic E-state index is -0.266. The zero-order valence-electron chi connectivity index (χ0n) is 16.5. The summed E-state index contributed by atoms with van der Waals surface area (Å²) in [5.74, 6) is -0.266. The van der Waals surface area contributed by atoms with Gasteiger partial charge in [0, 0.05) is 12.1 Å². The Morgan fingerprint density at radius 1 is 1.29 bits per heavy atom. The van der Waals surface area contributed by atoms with Crippen molar-refractivity contribution in [2.24, 2.45) is 4.99 Å². The standard InChI is InChI=1S/C22H24ClFN4/c1-4-6-15-8-10-18-20(21(15)23)22(16-9-7-14(3)11-17(16)24)25-12-19-27(18)13-26-28(19)5-2/h7-11,13,19H,4-6,12H2,1-3H3/p+1. The molecule has 2 aromatic rings. The number of aryl methyl sites for hydroxylation is 2. The van der Waals surface area contributed by atoms with Crippen molar-refractivity contribution < 1.29 is 8.97 Å². The molecule has 0 spiro atoms. The highest BCUT2D eigenvalue weighted by Crippen LogP contribution is 2.37. The molecule has 146 valence electrons. The fourth-order valence-corrected chi connectivity index (χ4v) is 4.32. The second-order valence-electron chi connectivity index (χ2n) is 7.29. The van der Waals surface area contributed by atoms with Gasteiger partial charge in [-0.1, -0.05) is 37.1 Å². The minimum absolute atomic E-state index is 0.0304.